The van der Waals surface area contributed by atoms with E-state index in [-0.39, 0.29) is 0 Å². The van der Waals surface area contributed by atoms with E-state index in [0.717, 1.165) is 23.7 Å². The molecule has 0 amide bonds. The Morgan fingerprint density at radius 2 is 1.70 bits per heavy atom. The van der Waals surface area contributed by atoms with Gasteiger partial charge in [0.05, 0.1) is 0 Å². The second-order valence-electron chi connectivity index (χ2n) is 4.38. The molecule has 2 N–H and O–H groups in total. The molecule has 0 spiro atoms. The van der Waals surface area contributed by atoms with Gasteiger partial charge in [-0.05, 0) is 36.5 Å². The fourth-order valence-corrected chi connectivity index (χ4v) is 2.48. The van der Waals surface area contributed by atoms with Gasteiger partial charge in [0.25, 0.3) is 0 Å². The third-order valence-electron chi connectivity index (χ3n) is 3.49. The fraction of sp³-hybridized carbons (Fsp3) is 1.00. The third kappa shape index (κ3) is 0.800. The Balaban J connectivity index is 1.89. The van der Waals surface area contributed by atoms with Crippen LogP contribution in [-0.4, -0.2) is 6.04 Å². The van der Waals surface area contributed by atoms with Gasteiger partial charge in [-0.1, -0.05) is 13.8 Å². The van der Waals surface area contributed by atoms with Gasteiger partial charge in [0.15, 0.2) is 0 Å². The van der Waals surface area contributed by atoms with Gasteiger partial charge in [-0.15, -0.1) is 0 Å². The lowest BCUT2D eigenvalue weighted by molar-refractivity contribution is 0.354. The van der Waals surface area contributed by atoms with Crippen LogP contribution in [0.4, 0.5) is 0 Å². The SMILES string of the molecule is CC(C)C1CC2C(N)C2C1. The summed E-state index contributed by atoms with van der Waals surface area (Å²) in [5.41, 5.74) is 5.83. The van der Waals surface area contributed by atoms with Crippen LogP contribution in [0.5, 0.6) is 0 Å². The summed E-state index contributed by atoms with van der Waals surface area (Å²) in [6, 6.07) is 0.593. The van der Waals surface area contributed by atoms with Gasteiger partial charge in [0.1, 0.15) is 0 Å². The van der Waals surface area contributed by atoms with Crippen molar-refractivity contribution in [1.29, 1.82) is 0 Å². The molecule has 2 fully saturated rings. The topological polar surface area (TPSA) is 26.0 Å². The molecule has 2 aliphatic rings. The van der Waals surface area contributed by atoms with E-state index in [1.54, 1.807) is 0 Å². The molecule has 2 unspecified atom stereocenters. The summed E-state index contributed by atoms with van der Waals surface area (Å²) in [5.74, 6) is 3.73. The van der Waals surface area contributed by atoms with Crippen molar-refractivity contribution in [2.45, 2.75) is 32.7 Å². The maximum Gasteiger partial charge on any atom is 0.0102 e. The molecule has 0 aromatic carbocycles. The first kappa shape index (κ1) is 6.66. The van der Waals surface area contributed by atoms with Crippen molar-refractivity contribution < 1.29 is 0 Å². The first-order valence-corrected chi connectivity index (χ1v) is 4.45. The molecule has 0 aromatic heterocycles. The van der Waals surface area contributed by atoms with Crippen LogP contribution in [0.1, 0.15) is 26.7 Å². The molecule has 1 heteroatoms. The number of rotatable bonds is 1. The Kier molecular flexibility index (Phi) is 1.31. The Morgan fingerprint density at radius 3 is 2.10 bits per heavy atom. The Labute approximate surface area is 63.0 Å². The summed E-state index contributed by atoms with van der Waals surface area (Å²) in [5, 5.41) is 0. The minimum absolute atomic E-state index is 0.593. The highest BCUT2D eigenvalue weighted by Crippen LogP contribution is 2.54. The summed E-state index contributed by atoms with van der Waals surface area (Å²) in [6.45, 7) is 4.67. The van der Waals surface area contributed by atoms with Gasteiger partial charge in [-0.25, -0.2) is 0 Å². The van der Waals surface area contributed by atoms with Crippen molar-refractivity contribution >= 4 is 0 Å². The van der Waals surface area contributed by atoms with E-state index in [4.69, 9.17) is 5.73 Å². The van der Waals surface area contributed by atoms with Crippen LogP contribution < -0.4 is 5.73 Å². The van der Waals surface area contributed by atoms with Crippen molar-refractivity contribution in [1.82, 2.24) is 0 Å². The first-order chi connectivity index (χ1) is 4.70. The maximum absolute atomic E-state index is 5.83. The average Bonchev–Trinajstić information content (AvgIpc) is 2.38. The van der Waals surface area contributed by atoms with Crippen LogP contribution in [0.25, 0.3) is 0 Å². The second kappa shape index (κ2) is 1.97. The molecule has 1 nitrogen and oxygen atoms in total. The van der Waals surface area contributed by atoms with E-state index in [9.17, 15) is 0 Å². The van der Waals surface area contributed by atoms with Gasteiger partial charge < -0.3 is 5.73 Å². The molecule has 2 atom stereocenters. The highest BCUT2D eigenvalue weighted by atomic mass is 14.8. The van der Waals surface area contributed by atoms with Crippen molar-refractivity contribution in [3.05, 3.63) is 0 Å². The molecule has 2 rings (SSSR count). The summed E-state index contributed by atoms with van der Waals surface area (Å²) in [4.78, 5) is 0. The molecule has 0 heterocycles. The van der Waals surface area contributed by atoms with E-state index < -0.39 is 0 Å². The van der Waals surface area contributed by atoms with Gasteiger partial charge in [0, 0.05) is 6.04 Å². The largest absolute Gasteiger partial charge is 0.327 e. The molecule has 10 heavy (non-hydrogen) atoms. The van der Waals surface area contributed by atoms with E-state index in [2.05, 4.69) is 13.8 Å². The fourth-order valence-electron chi connectivity index (χ4n) is 2.48. The van der Waals surface area contributed by atoms with Crippen LogP contribution in [0.3, 0.4) is 0 Å². The number of hydrogen-bond acceptors (Lipinski definition) is 1. The Morgan fingerprint density at radius 1 is 1.20 bits per heavy atom. The molecule has 0 aliphatic heterocycles. The molecule has 58 valence electrons. The van der Waals surface area contributed by atoms with Crippen molar-refractivity contribution in [3.8, 4) is 0 Å². The zero-order chi connectivity index (χ0) is 7.30. The Hall–Kier alpha value is -0.0400. The van der Waals surface area contributed by atoms with Crippen LogP contribution in [-0.2, 0) is 0 Å². The lowest BCUT2D eigenvalue weighted by Crippen LogP contribution is -2.14. The number of nitrogens with two attached hydrogens (primary N) is 1. The molecule has 0 bridgehead atoms. The quantitative estimate of drug-likeness (QED) is 0.587. The smallest absolute Gasteiger partial charge is 0.0102 e. The van der Waals surface area contributed by atoms with Crippen molar-refractivity contribution in [3.63, 3.8) is 0 Å². The number of hydrogen-bond donors (Lipinski definition) is 1. The highest BCUT2D eigenvalue weighted by Gasteiger charge is 2.54. The normalized spacial score (nSPS) is 51.6. The zero-order valence-corrected chi connectivity index (χ0v) is 6.88. The molecule has 2 saturated carbocycles. The van der Waals surface area contributed by atoms with Crippen LogP contribution in [0.2, 0.25) is 0 Å². The molecule has 2 aliphatic carbocycles. The van der Waals surface area contributed by atoms with E-state index in [0.29, 0.717) is 6.04 Å². The van der Waals surface area contributed by atoms with Gasteiger partial charge in [-0.3, -0.25) is 0 Å². The van der Waals surface area contributed by atoms with Gasteiger partial charge in [-0.2, -0.15) is 0 Å². The molecule has 0 saturated heterocycles. The zero-order valence-electron chi connectivity index (χ0n) is 6.88. The third-order valence-corrected chi connectivity index (χ3v) is 3.49. The number of fused-ring (bicyclic) bond motifs is 1. The van der Waals surface area contributed by atoms with E-state index >= 15 is 0 Å². The highest BCUT2D eigenvalue weighted by molar-refractivity contribution is 5.07. The average molecular weight is 139 g/mol. The predicted molar refractivity (Wildman–Crippen MR) is 42.5 cm³/mol. The van der Waals surface area contributed by atoms with Crippen LogP contribution >= 0.6 is 0 Å². The van der Waals surface area contributed by atoms with Crippen LogP contribution in [0.15, 0.2) is 0 Å². The Bertz CT molecular complexity index is 130. The summed E-state index contributed by atoms with van der Waals surface area (Å²) >= 11 is 0. The van der Waals surface area contributed by atoms with Crippen LogP contribution in [0, 0.1) is 23.7 Å². The van der Waals surface area contributed by atoms with E-state index in [1.807, 2.05) is 0 Å². The molecular formula is C9H17N. The predicted octanol–water partition coefficient (Wildman–Crippen LogP) is 1.63. The second-order valence-corrected chi connectivity index (χ2v) is 4.38. The molecular weight excluding hydrogens is 122 g/mol. The molecule has 0 aromatic rings. The lowest BCUT2D eigenvalue weighted by Gasteiger charge is -2.16. The van der Waals surface area contributed by atoms with Gasteiger partial charge >= 0.3 is 0 Å². The monoisotopic (exact) mass is 139 g/mol. The minimum Gasteiger partial charge on any atom is -0.327 e. The van der Waals surface area contributed by atoms with Gasteiger partial charge in [0.2, 0.25) is 0 Å². The minimum atomic E-state index is 0.593. The van der Waals surface area contributed by atoms with Crippen molar-refractivity contribution in [2.75, 3.05) is 0 Å². The van der Waals surface area contributed by atoms with E-state index in [1.165, 1.54) is 12.8 Å². The first-order valence-electron chi connectivity index (χ1n) is 4.45. The summed E-state index contributed by atoms with van der Waals surface area (Å²) in [6.07, 6.45) is 2.84. The molecule has 0 radical (unpaired) electrons. The van der Waals surface area contributed by atoms with Crippen molar-refractivity contribution in [2.24, 2.45) is 29.4 Å². The lowest BCUT2D eigenvalue weighted by atomic mass is 9.91. The maximum atomic E-state index is 5.83. The summed E-state index contributed by atoms with van der Waals surface area (Å²) < 4.78 is 0. The standard InChI is InChI=1S/C9H17N/c1-5(2)6-3-7-8(4-6)9(7)10/h5-9H,3-4,10H2,1-2H3. The summed E-state index contributed by atoms with van der Waals surface area (Å²) in [7, 11) is 0.